The molecule has 0 aliphatic heterocycles. The van der Waals surface area contributed by atoms with Crippen molar-refractivity contribution >= 4 is 35.7 Å². The molecule has 0 saturated carbocycles. The van der Waals surface area contributed by atoms with Crippen LogP contribution in [-0.4, -0.2) is 91.5 Å². The van der Waals surface area contributed by atoms with E-state index < -0.39 is 66.0 Å². The number of aliphatic carboxylic acids is 4. The topological polar surface area (TPSA) is 280 Å². The number of nitrogens with one attached hydrogen (secondary N) is 2. The van der Waals surface area contributed by atoms with Gasteiger partial charge < -0.3 is 47.6 Å². The van der Waals surface area contributed by atoms with Crippen LogP contribution in [0.4, 0.5) is 0 Å². The van der Waals surface area contributed by atoms with E-state index in [1.54, 1.807) is 0 Å². The minimum Gasteiger partial charge on any atom is -0.480 e. The van der Waals surface area contributed by atoms with Crippen molar-refractivity contribution in [3.05, 3.63) is 0 Å². The van der Waals surface area contributed by atoms with Gasteiger partial charge in [0.25, 0.3) is 0 Å². The molecule has 11 N–H and O–H groups in total. The number of carbonyl (C=O) groups is 6. The fourth-order valence-corrected chi connectivity index (χ4v) is 2.41. The van der Waals surface area contributed by atoms with Crippen LogP contribution in [0.25, 0.3) is 0 Å². The zero-order valence-electron chi connectivity index (χ0n) is 19.8. The van der Waals surface area contributed by atoms with E-state index in [1.807, 2.05) is 13.8 Å². The lowest BCUT2D eigenvalue weighted by atomic mass is 10.0. The van der Waals surface area contributed by atoms with Crippen molar-refractivity contribution < 1.29 is 54.3 Å². The Morgan fingerprint density at radius 3 is 1.37 bits per heavy atom. The molecule has 0 aliphatic rings. The first-order valence-corrected chi connectivity index (χ1v) is 10.7. The van der Waals surface area contributed by atoms with E-state index in [1.165, 1.54) is 6.92 Å². The Morgan fingerprint density at radius 1 is 0.686 bits per heavy atom. The number of aliphatic hydroxyl groups is 1. The van der Waals surface area contributed by atoms with Gasteiger partial charge in [-0.25, -0.2) is 9.59 Å². The van der Waals surface area contributed by atoms with Crippen LogP contribution < -0.4 is 22.1 Å². The third-order valence-electron chi connectivity index (χ3n) is 4.40. The van der Waals surface area contributed by atoms with Crippen molar-refractivity contribution in [2.45, 2.75) is 83.1 Å². The largest absolute Gasteiger partial charge is 0.480 e. The predicted molar refractivity (Wildman–Crippen MR) is 120 cm³/mol. The van der Waals surface area contributed by atoms with E-state index >= 15 is 0 Å². The van der Waals surface area contributed by atoms with Crippen LogP contribution in [0.3, 0.4) is 0 Å². The summed E-state index contributed by atoms with van der Waals surface area (Å²) in [5.41, 5.74) is 10.4. The summed E-state index contributed by atoms with van der Waals surface area (Å²) < 4.78 is 0. The van der Waals surface area contributed by atoms with Gasteiger partial charge in [-0.2, -0.15) is 0 Å². The summed E-state index contributed by atoms with van der Waals surface area (Å²) in [5, 5.41) is 48.1. The van der Waals surface area contributed by atoms with Crippen LogP contribution >= 0.6 is 0 Å². The molecule has 0 aromatic rings. The lowest BCUT2D eigenvalue weighted by Crippen LogP contribution is -2.48. The summed E-state index contributed by atoms with van der Waals surface area (Å²) in [4.78, 5) is 65.0. The first-order chi connectivity index (χ1) is 16.0. The molecule has 0 aromatic heterocycles. The fraction of sp³-hybridized carbons (Fsp3) is 0.700. The molecule has 15 heteroatoms. The maximum atomic E-state index is 11.4. The molecule has 35 heavy (non-hydrogen) atoms. The Balaban J connectivity index is 0. The minimum absolute atomic E-state index is 0.0187. The summed E-state index contributed by atoms with van der Waals surface area (Å²) in [5.74, 6) is -5.92. The summed E-state index contributed by atoms with van der Waals surface area (Å²) in [6.45, 7) is 4.92. The number of carboxylic acids is 4. The van der Waals surface area contributed by atoms with Gasteiger partial charge in [0, 0.05) is 12.8 Å². The van der Waals surface area contributed by atoms with Crippen molar-refractivity contribution in [3.8, 4) is 0 Å². The van der Waals surface area contributed by atoms with E-state index in [-0.39, 0.29) is 31.6 Å². The van der Waals surface area contributed by atoms with E-state index in [9.17, 15) is 28.8 Å². The van der Waals surface area contributed by atoms with Crippen molar-refractivity contribution in [2.24, 2.45) is 17.4 Å². The molecule has 0 fully saturated rings. The molecular formula is C20H36N4O11. The van der Waals surface area contributed by atoms with E-state index in [0.717, 1.165) is 0 Å². The highest BCUT2D eigenvalue weighted by Crippen LogP contribution is 2.06. The van der Waals surface area contributed by atoms with Gasteiger partial charge in [0.05, 0.1) is 6.10 Å². The highest BCUT2D eigenvalue weighted by atomic mass is 16.4. The standard InChI is InChI=1S/C11H20N2O5.C9H16N2O6/c1-6(2)5-8(11(17)18)13-9(14)4-3-7(12)10(15)16;1-4(12)7(9(16)17)11-6(13)3-2-5(10)8(14)15/h6-8H,3-5,12H2,1-2H3,(H,13,14)(H,15,16)(H,17,18);4-5,7,12H,2-3,10H2,1H3,(H,11,13)(H,14,15)(H,16,17)/t7-,8-;4-,5+,7+/m01/s1. The maximum Gasteiger partial charge on any atom is 0.328 e. The second-order valence-corrected chi connectivity index (χ2v) is 8.18. The first kappa shape index (κ1) is 33.9. The molecule has 0 bridgehead atoms. The molecular weight excluding hydrogens is 472 g/mol. The third kappa shape index (κ3) is 16.9. The monoisotopic (exact) mass is 508 g/mol. The average Bonchev–Trinajstić information content (AvgIpc) is 2.72. The first-order valence-electron chi connectivity index (χ1n) is 10.7. The molecule has 15 nitrogen and oxygen atoms in total. The smallest absolute Gasteiger partial charge is 0.328 e. The molecule has 0 radical (unpaired) electrons. The Hall–Kier alpha value is -3.30. The zero-order chi connectivity index (χ0) is 27.9. The Morgan fingerprint density at radius 2 is 1.09 bits per heavy atom. The van der Waals surface area contributed by atoms with Crippen molar-refractivity contribution in [1.82, 2.24) is 10.6 Å². The summed E-state index contributed by atoms with van der Waals surface area (Å²) in [7, 11) is 0. The quantitative estimate of drug-likeness (QED) is 0.115. The molecule has 0 spiro atoms. The second kappa shape index (κ2) is 17.2. The van der Waals surface area contributed by atoms with Crippen LogP contribution in [0.1, 0.15) is 52.9 Å². The molecule has 0 saturated heterocycles. The van der Waals surface area contributed by atoms with E-state index in [2.05, 4.69) is 10.6 Å². The van der Waals surface area contributed by atoms with Crippen LogP contribution in [0.15, 0.2) is 0 Å². The minimum atomic E-state index is -1.41. The number of carbonyl (C=O) groups excluding carboxylic acids is 2. The predicted octanol–water partition coefficient (Wildman–Crippen LogP) is -2.08. The molecule has 5 atom stereocenters. The average molecular weight is 509 g/mol. The summed E-state index contributed by atoms with van der Waals surface area (Å²) >= 11 is 0. The van der Waals surface area contributed by atoms with Crippen molar-refractivity contribution in [1.29, 1.82) is 0 Å². The number of aliphatic hydroxyl groups excluding tert-OH is 1. The molecule has 0 aromatic carbocycles. The fourth-order valence-electron chi connectivity index (χ4n) is 2.41. The van der Waals surface area contributed by atoms with Gasteiger partial charge in [0.2, 0.25) is 11.8 Å². The van der Waals surface area contributed by atoms with Crippen LogP contribution in [0.5, 0.6) is 0 Å². The second-order valence-electron chi connectivity index (χ2n) is 8.18. The Bertz CT molecular complexity index is 743. The van der Waals surface area contributed by atoms with Gasteiger partial charge in [-0.3, -0.25) is 19.2 Å². The number of rotatable bonds is 15. The van der Waals surface area contributed by atoms with Gasteiger partial charge in [0.15, 0.2) is 6.04 Å². The molecule has 2 amide bonds. The van der Waals surface area contributed by atoms with Crippen LogP contribution in [0.2, 0.25) is 0 Å². The molecule has 0 aliphatic carbocycles. The number of carboxylic acid groups (broad SMARTS) is 4. The number of nitrogens with two attached hydrogens (primary N) is 2. The lowest BCUT2D eigenvalue weighted by molar-refractivity contribution is -0.145. The summed E-state index contributed by atoms with van der Waals surface area (Å²) in [6.07, 6.45) is -1.36. The normalized spacial score (nSPS) is 14.8. The third-order valence-corrected chi connectivity index (χ3v) is 4.40. The van der Waals surface area contributed by atoms with E-state index in [4.69, 9.17) is 37.0 Å². The molecule has 0 unspecified atom stereocenters. The van der Waals surface area contributed by atoms with Crippen LogP contribution in [-0.2, 0) is 28.8 Å². The van der Waals surface area contributed by atoms with Crippen molar-refractivity contribution in [3.63, 3.8) is 0 Å². The van der Waals surface area contributed by atoms with Gasteiger partial charge >= 0.3 is 23.9 Å². The van der Waals surface area contributed by atoms with Gasteiger partial charge in [-0.15, -0.1) is 0 Å². The SMILES string of the molecule is CC(C)C[C@H](NC(=O)CC[C@H](N)C(=O)O)C(=O)O.C[C@@H](O)[C@H](NC(=O)CC[C@H](N)C(=O)O)C(=O)O. The molecule has 0 rings (SSSR count). The highest BCUT2D eigenvalue weighted by molar-refractivity contribution is 5.85. The number of hydrogen-bond donors (Lipinski definition) is 9. The Labute approximate surface area is 201 Å². The lowest BCUT2D eigenvalue weighted by Gasteiger charge is -2.17. The van der Waals surface area contributed by atoms with Crippen LogP contribution in [0, 0.1) is 5.92 Å². The molecule has 202 valence electrons. The summed E-state index contributed by atoms with van der Waals surface area (Å²) in [6, 6.07) is -4.64. The van der Waals surface area contributed by atoms with Gasteiger partial charge in [-0.1, -0.05) is 13.8 Å². The molecule has 0 heterocycles. The van der Waals surface area contributed by atoms with Gasteiger partial charge in [-0.05, 0) is 32.1 Å². The number of hydrogen-bond acceptors (Lipinski definition) is 9. The highest BCUT2D eigenvalue weighted by Gasteiger charge is 2.25. The van der Waals surface area contributed by atoms with Crippen molar-refractivity contribution in [2.75, 3.05) is 0 Å². The maximum absolute atomic E-state index is 11.4. The van der Waals surface area contributed by atoms with E-state index in [0.29, 0.717) is 6.42 Å². The zero-order valence-corrected chi connectivity index (χ0v) is 19.8. The van der Waals surface area contributed by atoms with Gasteiger partial charge in [0.1, 0.15) is 18.1 Å². The number of amides is 2. The Kier molecular flexibility index (Phi) is 16.6.